The second-order valence-electron chi connectivity index (χ2n) is 7.90. The molecule has 32 heavy (non-hydrogen) atoms. The number of ether oxygens (including phenoxy) is 5. The Morgan fingerprint density at radius 3 is 1.97 bits per heavy atom. The van der Waals surface area contributed by atoms with Crippen LogP contribution >= 0.6 is 0 Å². The number of nitrogens with zero attached hydrogens (tertiary/aromatic N) is 1. The van der Waals surface area contributed by atoms with Gasteiger partial charge >= 0.3 is 0 Å². The van der Waals surface area contributed by atoms with Crippen molar-refractivity contribution in [2.24, 2.45) is 5.73 Å². The van der Waals surface area contributed by atoms with Crippen molar-refractivity contribution < 1.29 is 23.7 Å². The van der Waals surface area contributed by atoms with E-state index in [1.807, 2.05) is 37.3 Å². The third-order valence-corrected chi connectivity index (χ3v) is 5.75. The van der Waals surface area contributed by atoms with Crippen LogP contribution in [-0.2, 0) is 11.8 Å². The number of hydrogen-bond acceptors (Lipinski definition) is 7. The highest BCUT2D eigenvalue weighted by Crippen LogP contribution is 2.42. The Balaban J connectivity index is 2.08. The Kier molecular flexibility index (Phi) is 9.03. The number of benzene rings is 2. The highest BCUT2D eigenvalue weighted by atomic mass is 16.5. The van der Waals surface area contributed by atoms with Crippen LogP contribution in [-0.4, -0.2) is 41.6 Å². The van der Waals surface area contributed by atoms with Crippen molar-refractivity contribution in [3.63, 3.8) is 0 Å². The summed E-state index contributed by atoms with van der Waals surface area (Å²) in [6, 6.07) is 12.0. The van der Waals surface area contributed by atoms with E-state index >= 15 is 0 Å². The normalized spacial score (nSPS) is 13.4. The monoisotopic (exact) mass is 442 g/mol. The van der Waals surface area contributed by atoms with Crippen LogP contribution in [0.5, 0.6) is 28.7 Å². The molecule has 0 aliphatic heterocycles. The molecule has 0 bridgehead atoms. The van der Waals surface area contributed by atoms with Crippen LogP contribution in [0.2, 0.25) is 0 Å². The summed E-state index contributed by atoms with van der Waals surface area (Å²) in [5.74, 6) is 2.97. The Bertz CT molecular complexity index is 915. The molecule has 7 heteroatoms. The fourth-order valence-electron chi connectivity index (χ4n) is 3.79. The smallest absolute Gasteiger partial charge is 0.203 e. The summed E-state index contributed by atoms with van der Waals surface area (Å²) in [7, 11) is 7.93. The van der Waals surface area contributed by atoms with Crippen LogP contribution < -0.4 is 29.4 Å². The molecule has 0 aliphatic carbocycles. The van der Waals surface area contributed by atoms with Crippen molar-refractivity contribution in [3.05, 3.63) is 41.5 Å². The summed E-state index contributed by atoms with van der Waals surface area (Å²) in [5.41, 5.74) is 7.59. The molecular formula is C25H34N2O5. The lowest BCUT2D eigenvalue weighted by molar-refractivity contribution is 0.322. The van der Waals surface area contributed by atoms with Crippen LogP contribution in [0, 0.1) is 11.3 Å². The maximum absolute atomic E-state index is 9.98. The van der Waals surface area contributed by atoms with E-state index in [9.17, 15) is 5.26 Å². The summed E-state index contributed by atoms with van der Waals surface area (Å²) < 4.78 is 27.0. The number of nitriles is 1. The van der Waals surface area contributed by atoms with Gasteiger partial charge in [-0.05, 0) is 68.0 Å². The lowest BCUT2D eigenvalue weighted by atomic mass is 9.78. The topological polar surface area (TPSA) is 96.0 Å². The molecular weight excluding hydrogens is 408 g/mol. The minimum atomic E-state index is -0.712. The zero-order chi connectivity index (χ0) is 23.7. The minimum Gasteiger partial charge on any atom is -0.493 e. The highest BCUT2D eigenvalue weighted by molar-refractivity contribution is 5.56. The molecule has 2 unspecified atom stereocenters. The number of nitrogens with two attached hydrogens (primary N) is 1. The Morgan fingerprint density at radius 1 is 0.875 bits per heavy atom. The van der Waals surface area contributed by atoms with Crippen molar-refractivity contribution in [2.75, 3.05) is 35.5 Å². The molecule has 2 aromatic carbocycles. The molecule has 0 spiro atoms. The third kappa shape index (κ3) is 5.77. The number of methoxy groups -OCH3 is 5. The van der Waals surface area contributed by atoms with Gasteiger partial charge in [-0.3, -0.25) is 0 Å². The van der Waals surface area contributed by atoms with E-state index < -0.39 is 5.41 Å². The van der Waals surface area contributed by atoms with Gasteiger partial charge in [0.25, 0.3) is 0 Å². The zero-order valence-corrected chi connectivity index (χ0v) is 19.9. The van der Waals surface area contributed by atoms with Crippen molar-refractivity contribution in [2.45, 2.75) is 44.1 Å². The number of hydrogen-bond donors (Lipinski definition) is 1. The fraction of sp³-hybridized carbons (Fsp3) is 0.480. The third-order valence-electron chi connectivity index (χ3n) is 5.75. The van der Waals surface area contributed by atoms with E-state index in [-0.39, 0.29) is 6.04 Å². The average Bonchev–Trinajstić information content (AvgIpc) is 2.82. The van der Waals surface area contributed by atoms with Crippen LogP contribution in [0.1, 0.15) is 37.3 Å². The van der Waals surface area contributed by atoms with Crippen molar-refractivity contribution in [1.29, 1.82) is 5.26 Å². The molecule has 174 valence electrons. The van der Waals surface area contributed by atoms with Gasteiger partial charge in [-0.25, -0.2) is 0 Å². The molecule has 0 fully saturated rings. The summed E-state index contributed by atoms with van der Waals surface area (Å²) in [5, 5.41) is 9.98. The van der Waals surface area contributed by atoms with Crippen LogP contribution in [0.3, 0.4) is 0 Å². The maximum Gasteiger partial charge on any atom is 0.203 e. The van der Waals surface area contributed by atoms with Gasteiger partial charge in [0.05, 0.1) is 47.0 Å². The summed E-state index contributed by atoms with van der Waals surface area (Å²) in [4.78, 5) is 0. The van der Waals surface area contributed by atoms with Gasteiger partial charge in [-0.2, -0.15) is 5.26 Å². The first-order valence-electron chi connectivity index (χ1n) is 10.5. The van der Waals surface area contributed by atoms with Crippen LogP contribution in [0.15, 0.2) is 30.3 Å². The standard InChI is InChI=1S/C25H34N2O5/c1-25(16-26,18-14-22(30-4)24(32-6)23(15-18)31-5)11-7-8-19(27)12-17-9-10-20(28-2)21(13-17)29-3/h9-10,13-15,19H,7-8,11-12,27H2,1-6H3. The van der Waals surface area contributed by atoms with Crippen LogP contribution in [0.4, 0.5) is 0 Å². The first-order chi connectivity index (χ1) is 15.3. The van der Waals surface area contributed by atoms with Gasteiger partial charge in [0.2, 0.25) is 5.75 Å². The molecule has 0 radical (unpaired) electrons. The highest BCUT2D eigenvalue weighted by Gasteiger charge is 2.29. The van der Waals surface area contributed by atoms with E-state index in [1.54, 1.807) is 35.5 Å². The van der Waals surface area contributed by atoms with E-state index in [1.165, 1.54) is 0 Å². The summed E-state index contributed by atoms with van der Waals surface area (Å²) in [6.07, 6.45) is 2.96. The van der Waals surface area contributed by atoms with Crippen molar-refractivity contribution >= 4 is 0 Å². The fourth-order valence-corrected chi connectivity index (χ4v) is 3.79. The largest absolute Gasteiger partial charge is 0.493 e. The molecule has 0 saturated carbocycles. The Hall–Kier alpha value is -3.11. The quantitative estimate of drug-likeness (QED) is 0.525. The second kappa shape index (κ2) is 11.5. The molecule has 0 saturated heterocycles. The molecule has 7 nitrogen and oxygen atoms in total. The average molecular weight is 443 g/mol. The Morgan fingerprint density at radius 2 is 1.47 bits per heavy atom. The van der Waals surface area contributed by atoms with Gasteiger partial charge in [0, 0.05) is 6.04 Å². The predicted molar refractivity (Wildman–Crippen MR) is 124 cm³/mol. The van der Waals surface area contributed by atoms with Crippen LogP contribution in [0.25, 0.3) is 0 Å². The predicted octanol–water partition coefficient (Wildman–Crippen LogP) is 4.25. The number of rotatable bonds is 12. The molecule has 0 aliphatic rings. The Labute approximate surface area is 191 Å². The summed E-state index contributed by atoms with van der Waals surface area (Å²) in [6.45, 7) is 1.92. The van der Waals surface area contributed by atoms with Gasteiger partial charge in [0.15, 0.2) is 23.0 Å². The maximum atomic E-state index is 9.98. The minimum absolute atomic E-state index is 0.0315. The van der Waals surface area contributed by atoms with E-state index in [2.05, 4.69) is 6.07 Å². The first kappa shape index (κ1) is 25.2. The first-order valence-corrected chi connectivity index (χ1v) is 10.5. The van der Waals surface area contributed by atoms with Gasteiger partial charge in [-0.15, -0.1) is 0 Å². The zero-order valence-electron chi connectivity index (χ0n) is 19.9. The summed E-state index contributed by atoms with van der Waals surface area (Å²) >= 11 is 0. The lowest BCUT2D eigenvalue weighted by Gasteiger charge is -2.25. The lowest BCUT2D eigenvalue weighted by Crippen LogP contribution is -2.25. The second-order valence-corrected chi connectivity index (χ2v) is 7.90. The SMILES string of the molecule is COc1ccc(CC(N)CCCC(C)(C#N)c2cc(OC)c(OC)c(OC)c2)cc1OC. The molecule has 2 aromatic rings. The van der Waals surface area contributed by atoms with Gasteiger partial charge in [0.1, 0.15) is 0 Å². The van der Waals surface area contributed by atoms with E-state index in [4.69, 9.17) is 29.4 Å². The van der Waals surface area contributed by atoms with Gasteiger partial charge in [-0.1, -0.05) is 6.07 Å². The van der Waals surface area contributed by atoms with Crippen molar-refractivity contribution in [3.8, 4) is 34.8 Å². The van der Waals surface area contributed by atoms with Gasteiger partial charge < -0.3 is 29.4 Å². The van der Waals surface area contributed by atoms with E-state index in [0.717, 1.165) is 24.0 Å². The molecule has 0 amide bonds. The molecule has 0 aromatic heterocycles. The molecule has 0 heterocycles. The van der Waals surface area contributed by atoms with Crippen molar-refractivity contribution in [1.82, 2.24) is 0 Å². The molecule has 2 atom stereocenters. The molecule has 2 N–H and O–H groups in total. The van der Waals surface area contributed by atoms with E-state index in [0.29, 0.717) is 41.6 Å². The molecule has 2 rings (SSSR count).